The number of amides is 1. The molecule has 0 aliphatic carbocycles. The molecule has 0 aliphatic rings. The van der Waals surface area contributed by atoms with E-state index in [-0.39, 0.29) is 35.4 Å². The quantitative estimate of drug-likeness (QED) is 0.562. The van der Waals surface area contributed by atoms with Crippen molar-refractivity contribution in [2.24, 2.45) is 0 Å². The lowest BCUT2D eigenvalue weighted by Gasteiger charge is -2.13. The molecule has 0 fully saturated rings. The third-order valence-corrected chi connectivity index (χ3v) is 3.21. The maximum absolute atomic E-state index is 11.9. The minimum Gasteiger partial charge on any atom is -0.483 e. The Morgan fingerprint density at radius 1 is 1.18 bits per heavy atom. The summed E-state index contributed by atoms with van der Waals surface area (Å²) >= 11 is 0. The monoisotopic (exact) mass is 305 g/mol. The molecule has 0 heterocycles. The highest BCUT2D eigenvalue weighted by molar-refractivity contribution is 6.09. The summed E-state index contributed by atoms with van der Waals surface area (Å²) in [5, 5.41) is 2.74. The molecule has 0 radical (unpaired) electrons. The van der Waals surface area contributed by atoms with Crippen LogP contribution in [0.5, 0.6) is 5.75 Å². The van der Waals surface area contributed by atoms with E-state index in [4.69, 9.17) is 4.74 Å². The Morgan fingerprint density at radius 3 is 2.50 bits per heavy atom. The van der Waals surface area contributed by atoms with E-state index in [1.54, 1.807) is 25.1 Å². The van der Waals surface area contributed by atoms with Gasteiger partial charge >= 0.3 is 0 Å². The molecule has 5 heteroatoms. The third kappa shape index (κ3) is 4.98. The molecule has 1 rings (SSSR count). The molecule has 0 atom stereocenters. The highest BCUT2D eigenvalue weighted by Gasteiger charge is 2.18. The lowest BCUT2D eigenvalue weighted by molar-refractivity contribution is -0.123. The summed E-state index contributed by atoms with van der Waals surface area (Å²) in [7, 11) is 0. The van der Waals surface area contributed by atoms with E-state index >= 15 is 0 Å². The molecule has 1 amide bonds. The highest BCUT2D eigenvalue weighted by Crippen LogP contribution is 2.24. The van der Waals surface area contributed by atoms with Crippen molar-refractivity contribution < 1.29 is 19.1 Å². The maximum atomic E-state index is 11.9. The van der Waals surface area contributed by atoms with Gasteiger partial charge < -0.3 is 10.1 Å². The average Bonchev–Trinajstić information content (AvgIpc) is 2.51. The van der Waals surface area contributed by atoms with Gasteiger partial charge in [-0.05, 0) is 19.4 Å². The Bertz CT molecular complexity index is 552. The SMILES string of the molecule is CCCCNC(=O)COc1cccc(C(=O)CC)c1C(C)=O. The smallest absolute Gasteiger partial charge is 0.257 e. The van der Waals surface area contributed by atoms with E-state index in [2.05, 4.69) is 5.32 Å². The normalized spacial score (nSPS) is 10.1. The zero-order valence-electron chi connectivity index (χ0n) is 13.4. The molecule has 0 aliphatic heterocycles. The first-order valence-electron chi connectivity index (χ1n) is 7.57. The zero-order valence-corrected chi connectivity index (χ0v) is 13.4. The Labute approximate surface area is 131 Å². The zero-order chi connectivity index (χ0) is 16.5. The van der Waals surface area contributed by atoms with Gasteiger partial charge in [0.15, 0.2) is 18.2 Å². The molecule has 22 heavy (non-hydrogen) atoms. The van der Waals surface area contributed by atoms with Crippen LogP contribution in [0.4, 0.5) is 0 Å². The molecule has 0 bridgehead atoms. The molecular weight excluding hydrogens is 282 g/mol. The lowest BCUT2D eigenvalue weighted by atomic mass is 9.98. The molecule has 5 nitrogen and oxygen atoms in total. The Hall–Kier alpha value is -2.17. The number of unbranched alkanes of at least 4 members (excludes halogenated alkanes) is 1. The molecule has 0 saturated heterocycles. The largest absolute Gasteiger partial charge is 0.483 e. The van der Waals surface area contributed by atoms with Gasteiger partial charge in [0, 0.05) is 18.5 Å². The topological polar surface area (TPSA) is 72.5 Å². The highest BCUT2D eigenvalue weighted by atomic mass is 16.5. The summed E-state index contributed by atoms with van der Waals surface area (Å²) in [6, 6.07) is 4.86. The summed E-state index contributed by atoms with van der Waals surface area (Å²) < 4.78 is 5.44. The molecule has 1 aromatic rings. The van der Waals surface area contributed by atoms with Gasteiger partial charge in [-0.2, -0.15) is 0 Å². The maximum Gasteiger partial charge on any atom is 0.257 e. The minimum absolute atomic E-state index is 0.122. The number of hydrogen-bond acceptors (Lipinski definition) is 4. The van der Waals surface area contributed by atoms with Crippen molar-refractivity contribution in [3.05, 3.63) is 29.3 Å². The number of ether oxygens (including phenoxy) is 1. The molecule has 0 saturated carbocycles. The summed E-state index contributed by atoms with van der Waals surface area (Å²) in [4.78, 5) is 35.4. The second-order valence-corrected chi connectivity index (χ2v) is 5.00. The standard InChI is InChI=1S/C17H23NO4/c1-4-6-10-18-16(21)11-22-15-9-7-8-13(14(20)5-2)17(15)12(3)19/h7-9H,4-6,10-11H2,1-3H3,(H,18,21). The van der Waals surface area contributed by atoms with Crippen molar-refractivity contribution in [3.63, 3.8) is 0 Å². The first kappa shape index (κ1) is 17.9. The van der Waals surface area contributed by atoms with E-state index in [1.807, 2.05) is 6.92 Å². The van der Waals surface area contributed by atoms with Gasteiger partial charge in [-0.15, -0.1) is 0 Å². The van der Waals surface area contributed by atoms with Gasteiger partial charge in [0.1, 0.15) is 5.75 Å². The number of benzene rings is 1. The van der Waals surface area contributed by atoms with Crippen LogP contribution < -0.4 is 10.1 Å². The van der Waals surface area contributed by atoms with Crippen LogP contribution in [0, 0.1) is 0 Å². The predicted octanol–water partition coefficient (Wildman–Crippen LogP) is 2.78. The van der Waals surface area contributed by atoms with Crippen LogP contribution in [0.15, 0.2) is 18.2 Å². The van der Waals surface area contributed by atoms with Crippen molar-refractivity contribution in [3.8, 4) is 5.75 Å². The van der Waals surface area contributed by atoms with E-state index < -0.39 is 0 Å². The average molecular weight is 305 g/mol. The molecular formula is C17H23NO4. The first-order valence-corrected chi connectivity index (χ1v) is 7.57. The molecule has 0 spiro atoms. The number of hydrogen-bond donors (Lipinski definition) is 1. The number of carbonyl (C=O) groups excluding carboxylic acids is 3. The van der Waals surface area contributed by atoms with Crippen molar-refractivity contribution in [2.45, 2.75) is 40.0 Å². The summed E-state index contributed by atoms with van der Waals surface area (Å²) in [5.74, 6) is -0.338. The van der Waals surface area contributed by atoms with Crippen LogP contribution in [0.3, 0.4) is 0 Å². The van der Waals surface area contributed by atoms with Crippen molar-refractivity contribution >= 4 is 17.5 Å². The number of rotatable bonds is 9. The van der Waals surface area contributed by atoms with Gasteiger partial charge in [0.2, 0.25) is 0 Å². The predicted molar refractivity (Wildman–Crippen MR) is 84.5 cm³/mol. The van der Waals surface area contributed by atoms with Gasteiger partial charge in [0.05, 0.1) is 5.56 Å². The molecule has 1 N–H and O–H groups in total. The van der Waals surface area contributed by atoms with Crippen molar-refractivity contribution in [1.29, 1.82) is 0 Å². The number of nitrogens with one attached hydrogen (secondary N) is 1. The van der Waals surface area contributed by atoms with Crippen LogP contribution >= 0.6 is 0 Å². The van der Waals surface area contributed by atoms with Gasteiger partial charge in [-0.25, -0.2) is 0 Å². The fourth-order valence-electron chi connectivity index (χ4n) is 2.04. The van der Waals surface area contributed by atoms with E-state index in [1.165, 1.54) is 6.92 Å². The van der Waals surface area contributed by atoms with E-state index in [9.17, 15) is 14.4 Å². The minimum atomic E-state index is -0.251. The second kappa shape index (κ2) is 8.97. The van der Waals surface area contributed by atoms with Gasteiger partial charge in [-0.1, -0.05) is 32.4 Å². The molecule has 120 valence electrons. The fourth-order valence-corrected chi connectivity index (χ4v) is 2.04. The lowest BCUT2D eigenvalue weighted by Crippen LogP contribution is -2.30. The second-order valence-electron chi connectivity index (χ2n) is 5.00. The molecule has 0 unspecified atom stereocenters. The van der Waals surface area contributed by atoms with Crippen LogP contribution in [0.2, 0.25) is 0 Å². The molecule has 1 aromatic carbocycles. The van der Waals surface area contributed by atoms with E-state index in [0.717, 1.165) is 12.8 Å². The number of Topliss-reactive ketones (excluding diaryl/α,β-unsaturated/α-hetero) is 2. The van der Waals surface area contributed by atoms with Crippen molar-refractivity contribution in [2.75, 3.05) is 13.2 Å². The van der Waals surface area contributed by atoms with Gasteiger partial charge in [-0.3, -0.25) is 14.4 Å². The summed E-state index contributed by atoms with van der Waals surface area (Å²) in [5.41, 5.74) is 0.592. The van der Waals surface area contributed by atoms with Crippen LogP contribution in [0.25, 0.3) is 0 Å². The fraction of sp³-hybridized carbons (Fsp3) is 0.471. The Morgan fingerprint density at radius 2 is 1.91 bits per heavy atom. The Kier molecular flexibility index (Phi) is 7.29. The summed E-state index contributed by atoms with van der Waals surface area (Å²) in [6.45, 7) is 5.59. The Balaban J connectivity index is 2.84. The van der Waals surface area contributed by atoms with Crippen LogP contribution in [0.1, 0.15) is 60.7 Å². The summed E-state index contributed by atoms with van der Waals surface area (Å²) in [6.07, 6.45) is 2.21. The molecule has 0 aromatic heterocycles. The van der Waals surface area contributed by atoms with Crippen LogP contribution in [-0.4, -0.2) is 30.6 Å². The van der Waals surface area contributed by atoms with Crippen LogP contribution in [-0.2, 0) is 4.79 Å². The van der Waals surface area contributed by atoms with Crippen molar-refractivity contribution in [1.82, 2.24) is 5.32 Å². The first-order chi connectivity index (χ1) is 10.5. The number of ketones is 2. The van der Waals surface area contributed by atoms with Gasteiger partial charge in [0.25, 0.3) is 5.91 Å². The number of carbonyl (C=O) groups is 3. The third-order valence-electron chi connectivity index (χ3n) is 3.21. The van der Waals surface area contributed by atoms with E-state index in [0.29, 0.717) is 18.5 Å².